The van der Waals surface area contributed by atoms with Gasteiger partial charge < -0.3 is 10.5 Å². The standard InChI is InChI=1S/C9H17NO2/c1-5-7(2)6-9(3,4)12-8(10)11/h5,7H,1,6H2,2-4H3,(H2,10,11). The molecule has 0 aromatic rings. The maximum atomic E-state index is 10.5. The highest BCUT2D eigenvalue weighted by atomic mass is 16.6. The minimum Gasteiger partial charge on any atom is -0.444 e. The van der Waals surface area contributed by atoms with Crippen molar-refractivity contribution in [2.45, 2.75) is 32.8 Å². The predicted molar refractivity (Wildman–Crippen MR) is 48.7 cm³/mol. The first kappa shape index (κ1) is 11.0. The molecule has 3 heteroatoms. The number of hydrogen-bond donors (Lipinski definition) is 1. The molecule has 0 spiro atoms. The van der Waals surface area contributed by atoms with Crippen LogP contribution in [-0.2, 0) is 4.74 Å². The molecular formula is C9H17NO2. The summed E-state index contributed by atoms with van der Waals surface area (Å²) >= 11 is 0. The van der Waals surface area contributed by atoms with E-state index in [4.69, 9.17) is 10.5 Å². The lowest BCUT2D eigenvalue weighted by molar-refractivity contribution is 0.0325. The van der Waals surface area contributed by atoms with Crippen LogP contribution in [-0.4, -0.2) is 11.7 Å². The maximum Gasteiger partial charge on any atom is 0.405 e. The van der Waals surface area contributed by atoms with Crippen molar-refractivity contribution in [3.8, 4) is 0 Å². The van der Waals surface area contributed by atoms with E-state index in [0.717, 1.165) is 6.42 Å². The Labute approximate surface area is 73.6 Å². The van der Waals surface area contributed by atoms with E-state index in [-0.39, 0.29) is 0 Å². The zero-order valence-electron chi connectivity index (χ0n) is 7.96. The monoisotopic (exact) mass is 171 g/mol. The van der Waals surface area contributed by atoms with Gasteiger partial charge in [-0.05, 0) is 26.2 Å². The first-order valence-electron chi connectivity index (χ1n) is 3.98. The smallest absolute Gasteiger partial charge is 0.405 e. The van der Waals surface area contributed by atoms with Crippen LogP contribution in [0.15, 0.2) is 12.7 Å². The molecule has 0 fully saturated rings. The van der Waals surface area contributed by atoms with Crippen molar-refractivity contribution in [3.05, 3.63) is 12.7 Å². The molecular weight excluding hydrogens is 154 g/mol. The number of carbonyl (C=O) groups excluding carboxylic acids is 1. The molecule has 2 N–H and O–H groups in total. The van der Waals surface area contributed by atoms with Crippen molar-refractivity contribution < 1.29 is 9.53 Å². The summed E-state index contributed by atoms with van der Waals surface area (Å²) in [5.74, 6) is 0.319. The Morgan fingerprint density at radius 1 is 1.75 bits per heavy atom. The Bertz CT molecular complexity index is 175. The number of allylic oxidation sites excluding steroid dienone is 1. The lowest BCUT2D eigenvalue weighted by Gasteiger charge is -2.25. The second-order valence-electron chi connectivity index (χ2n) is 3.60. The van der Waals surface area contributed by atoms with E-state index in [1.807, 2.05) is 26.8 Å². The topological polar surface area (TPSA) is 52.3 Å². The summed E-state index contributed by atoms with van der Waals surface area (Å²) in [5.41, 5.74) is 4.41. The van der Waals surface area contributed by atoms with Gasteiger partial charge in [0.25, 0.3) is 0 Å². The number of hydrogen-bond acceptors (Lipinski definition) is 2. The van der Waals surface area contributed by atoms with E-state index >= 15 is 0 Å². The van der Waals surface area contributed by atoms with Gasteiger partial charge in [0, 0.05) is 0 Å². The van der Waals surface area contributed by atoms with Gasteiger partial charge in [-0.3, -0.25) is 0 Å². The molecule has 3 nitrogen and oxygen atoms in total. The van der Waals surface area contributed by atoms with Crippen LogP contribution < -0.4 is 5.73 Å². The van der Waals surface area contributed by atoms with Crippen LogP contribution in [0.25, 0.3) is 0 Å². The van der Waals surface area contributed by atoms with Gasteiger partial charge in [-0.15, -0.1) is 6.58 Å². The van der Waals surface area contributed by atoms with Crippen molar-refractivity contribution in [3.63, 3.8) is 0 Å². The number of primary amides is 1. The first-order valence-corrected chi connectivity index (χ1v) is 3.98. The number of amides is 1. The van der Waals surface area contributed by atoms with Gasteiger partial charge in [0.05, 0.1) is 0 Å². The van der Waals surface area contributed by atoms with Crippen molar-refractivity contribution in [1.82, 2.24) is 0 Å². The predicted octanol–water partition coefficient (Wildman–Crippen LogP) is 2.07. The Morgan fingerprint density at radius 2 is 2.25 bits per heavy atom. The van der Waals surface area contributed by atoms with Crippen molar-refractivity contribution in [2.24, 2.45) is 11.7 Å². The summed E-state index contributed by atoms with van der Waals surface area (Å²) in [6.07, 6.45) is 1.84. The van der Waals surface area contributed by atoms with E-state index in [0.29, 0.717) is 5.92 Å². The largest absolute Gasteiger partial charge is 0.444 e. The highest BCUT2D eigenvalue weighted by Crippen LogP contribution is 2.20. The average molecular weight is 171 g/mol. The Kier molecular flexibility index (Phi) is 3.80. The zero-order chi connectivity index (χ0) is 9.78. The number of ether oxygens (including phenoxy) is 1. The van der Waals surface area contributed by atoms with E-state index in [2.05, 4.69) is 6.58 Å². The van der Waals surface area contributed by atoms with Crippen LogP contribution in [0.4, 0.5) is 4.79 Å². The lowest BCUT2D eigenvalue weighted by Crippen LogP contribution is -2.32. The normalized spacial score (nSPS) is 13.6. The first-order chi connectivity index (χ1) is 5.37. The molecule has 0 aromatic carbocycles. The number of rotatable bonds is 4. The SMILES string of the molecule is C=CC(C)CC(C)(C)OC(N)=O. The van der Waals surface area contributed by atoms with Crippen LogP contribution >= 0.6 is 0 Å². The van der Waals surface area contributed by atoms with Gasteiger partial charge in [-0.1, -0.05) is 13.0 Å². The van der Waals surface area contributed by atoms with Crippen molar-refractivity contribution in [2.75, 3.05) is 0 Å². The lowest BCUT2D eigenvalue weighted by atomic mass is 9.95. The molecule has 1 unspecified atom stereocenters. The molecule has 1 atom stereocenters. The van der Waals surface area contributed by atoms with E-state index in [1.54, 1.807) is 0 Å². The van der Waals surface area contributed by atoms with E-state index in [9.17, 15) is 4.79 Å². The van der Waals surface area contributed by atoms with Crippen LogP contribution in [0.1, 0.15) is 27.2 Å². The van der Waals surface area contributed by atoms with E-state index in [1.165, 1.54) is 0 Å². The summed E-state index contributed by atoms with van der Waals surface area (Å²) < 4.78 is 4.90. The fraction of sp³-hybridized carbons (Fsp3) is 0.667. The van der Waals surface area contributed by atoms with Gasteiger partial charge in [-0.25, -0.2) is 4.79 Å². The molecule has 1 amide bonds. The molecule has 0 rings (SSSR count). The van der Waals surface area contributed by atoms with Crippen LogP contribution in [0, 0.1) is 5.92 Å². The zero-order valence-corrected chi connectivity index (χ0v) is 7.96. The highest BCUT2D eigenvalue weighted by molar-refractivity contribution is 5.65. The van der Waals surface area contributed by atoms with Crippen LogP contribution in [0.5, 0.6) is 0 Å². The van der Waals surface area contributed by atoms with Crippen LogP contribution in [0.2, 0.25) is 0 Å². The molecule has 70 valence electrons. The summed E-state index contributed by atoms with van der Waals surface area (Å²) in [6.45, 7) is 9.33. The minimum absolute atomic E-state index is 0.319. The maximum absolute atomic E-state index is 10.5. The fourth-order valence-electron chi connectivity index (χ4n) is 1.17. The third kappa shape index (κ3) is 4.77. The summed E-state index contributed by atoms with van der Waals surface area (Å²) in [7, 11) is 0. The Hall–Kier alpha value is -0.990. The third-order valence-electron chi connectivity index (χ3n) is 1.59. The molecule has 0 aliphatic heterocycles. The summed E-state index contributed by atoms with van der Waals surface area (Å²) in [5, 5.41) is 0. The van der Waals surface area contributed by atoms with E-state index < -0.39 is 11.7 Å². The molecule has 0 aromatic heterocycles. The molecule has 12 heavy (non-hydrogen) atoms. The highest BCUT2D eigenvalue weighted by Gasteiger charge is 2.23. The molecule has 0 saturated carbocycles. The van der Waals surface area contributed by atoms with Gasteiger partial charge >= 0.3 is 6.09 Å². The average Bonchev–Trinajstić information content (AvgIpc) is 1.83. The molecule has 0 saturated heterocycles. The Morgan fingerprint density at radius 3 is 2.58 bits per heavy atom. The molecule has 0 heterocycles. The molecule has 0 aliphatic carbocycles. The molecule has 0 radical (unpaired) electrons. The van der Waals surface area contributed by atoms with Crippen LogP contribution in [0.3, 0.4) is 0 Å². The Balaban J connectivity index is 4.02. The van der Waals surface area contributed by atoms with Crippen molar-refractivity contribution in [1.29, 1.82) is 0 Å². The van der Waals surface area contributed by atoms with Gasteiger partial charge in [0.1, 0.15) is 5.60 Å². The minimum atomic E-state index is -0.726. The second kappa shape index (κ2) is 4.14. The van der Waals surface area contributed by atoms with Gasteiger partial charge in [-0.2, -0.15) is 0 Å². The van der Waals surface area contributed by atoms with Gasteiger partial charge in [0.15, 0.2) is 0 Å². The fourth-order valence-corrected chi connectivity index (χ4v) is 1.17. The second-order valence-corrected chi connectivity index (χ2v) is 3.60. The summed E-state index contributed by atoms with van der Waals surface area (Å²) in [6, 6.07) is 0. The summed E-state index contributed by atoms with van der Waals surface area (Å²) in [4.78, 5) is 10.5. The number of nitrogens with two attached hydrogens (primary N) is 1. The number of carbonyl (C=O) groups is 1. The van der Waals surface area contributed by atoms with Crippen molar-refractivity contribution >= 4 is 6.09 Å². The molecule has 0 aliphatic rings. The van der Waals surface area contributed by atoms with Gasteiger partial charge in [0.2, 0.25) is 0 Å². The quantitative estimate of drug-likeness (QED) is 0.658. The molecule has 0 bridgehead atoms. The third-order valence-corrected chi connectivity index (χ3v) is 1.59.